The van der Waals surface area contributed by atoms with Gasteiger partial charge in [0.05, 0.1) is 0 Å². The molecule has 0 saturated carbocycles. The first-order valence-electron chi connectivity index (χ1n) is 5.15. The smallest absolute Gasteiger partial charge is 0.333 e. The van der Waals surface area contributed by atoms with Gasteiger partial charge in [0.15, 0.2) is 6.10 Å². The average molecular weight is 237 g/mol. The van der Waals surface area contributed by atoms with Crippen molar-refractivity contribution in [3.63, 3.8) is 0 Å². The standard InChI is InChI=1S/C12H15NO4/c1-8(14)13-10-5-3-9(4-6-10)7-11(17-2)12(15)16/h3-6,11H,7H2,1-2H3,(H,13,14)(H,15,16)/t11-/m0/s1. The number of methoxy groups -OCH3 is 1. The zero-order valence-electron chi connectivity index (χ0n) is 9.77. The largest absolute Gasteiger partial charge is 0.479 e. The average Bonchev–Trinajstić information content (AvgIpc) is 2.26. The van der Waals surface area contributed by atoms with Crippen LogP contribution in [0.4, 0.5) is 5.69 Å². The van der Waals surface area contributed by atoms with E-state index < -0.39 is 12.1 Å². The Balaban J connectivity index is 2.67. The highest BCUT2D eigenvalue weighted by atomic mass is 16.5. The summed E-state index contributed by atoms with van der Waals surface area (Å²) in [6, 6.07) is 6.98. The second-order valence-corrected chi connectivity index (χ2v) is 3.64. The second kappa shape index (κ2) is 6.00. The van der Waals surface area contributed by atoms with Crippen molar-refractivity contribution in [1.29, 1.82) is 0 Å². The predicted molar refractivity (Wildman–Crippen MR) is 62.9 cm³/mol. The monoisotopic (exact) mass is 237 g/mol. The summed E-state index contributed by atoms with van der Waals surface area (Å²) in [5, 5.41) is 11.5. The number of carboxylic acid groups (broad SMARTS) is 1. The Morgan fingerprint density at radius 1 is 1.35 bits per heavy atom. The van der Waals surface area contributed by atoms with Crippen LogP contribution in [0.15, 0.2) is 24.3 Å². The number of carbonyl (C=O) groups is 2. The number of aliphatic carboxylic acids is 1. The van der Waals surface area contributed by atoms with Crippen molar-refractivity contribution >= 4 is 17.6 Å². The molecule has 0 spiro atoms. The molecule has 17 heavy (non-hydrogen) atoms. The maximum absolute atomic E-state index is 10.8. The first-order valence-corrected chi connectivity index (χ1v) is 5.15. The molecule has 5 heteroatoms. The number of rotatable bonds is 5. The van der Waals surface area contributed by atoms with Crippen molar-refractivity contribution in [2.45, 2.75) is 19.4 Å². The van der Waals surface area contributed by atoms with Gasteiger partial charge in [0.2, 0.25) is 5.91 Å². The lowest BCUT2D eigenvalue weighted by atomic mass is 10.1. The van der Waals surface area contributed by atoms with Gasteiger partial charge in [-0.05, 0) is 17.7 Å². The molecule has 5 nitrogen and oxygen atoms in total. The molecule has 0 radical (unpaired) electrons. The van der Waals surface area contributed by atoms with E-state index in [-0.39, 0.29) is 5.91 Å². The van der Waals surface area contributed by atoms with Crippen molar-refractivity contribution < 1.29 is 19.4 Å². The summed E-state index contributed by atoms with van der Waals surface area (Å²) in [7, 11) is 1.37. The normalized spacial score (nSPS) is 11.9. The number of hydrogen-bond donors (Lipinski definition) is 2. The van der Waals surface area contributed by atoms with Crippen molar-refractivity contribution in [3.8, 4) is 0 Å². The lowest BCUT2D eigenvalue weighted by Gasteiger charge is -2.10. The molecule has 0 aliphatic heterocycles. The molecule has 1 aromatic carbocycles. The summed E-state index contributed by atoms with van der Waals surface area (Å²) < 4.78 is 4.84. The van der Waals surface area contributed by atoms with E-state index in [4.69, 9.17) is 9.84 Å². The third-order valence-corrected chi connectivity index (χ3v) is 2.26. The lowest BCUT2D eigenvalue weighted by Crippen LogP contribution is -2.24. The number of amides is 1. The minimum absolute atomic E-state index is 0.141. The van der Waals surface area contributed by atoms with E-state index in [0.717, 1.165) is 5.56 Å². The lowest BCUT2D eigenvalue weighted by molar-refractivity contribution is -0.148. The van der Waals surface area contributed by atoms with Crippen LogP contribution in [0.3, 0.4) is 0 Å². The topological polar surface area (TPSA) is 75.6 Å². The van der Waals surface area contributed by atoms with E-state index in [1.54, 1.807) is 24.3 Å². The SMILES string of the molecule is CO[C@@H](Cc1ccc(NC(C)=O)cc1)C(=O)O. The summed E-state index contributed by atoms with van der Waals surface area (Å²) in [6.45, 7) is 1.43. The number of ether oxygens (including phenoxy) is 1. The minimum Gasteiger partial charge on any atom is -0.479 e. The van der Waals surface area contributed by atoms with Gasteiger partial charge in [-0.1, -0.05) is 12.1 Å². The van der Waals surface area contributed by atoms with Gasteiger partial charge in [-0.15, -0.1) is 0 Å². The van der Waals surface area contributed by atoms with Gasteiger partial charge in [0, 0.05) is 26.1 Å². The van der Waals surface area contributed by atoms with Crippen molar-refractivity contribution in [1.82, 2.24) is 0 Å². The van der Waals surface area contributed by atoms with E-state index in [0.29, 0.717) is 12.1 Å². The first kappa shape index (κ1) is 13.2. The van der Waals surface area contributed by atoms with E-state index in [1.165, 1.54) is 14.0 Å². The molecule has 1 amide bonds. The van der Waals surface area contributed by atoms with Gasteiger partial charge in [-0.3, -0.25) is 4.79 Å². The van der Waals surface area contributed by atoms with E-state index in [2.05, 4.69) is 5.32 Å². The van der Waals surface area contributed by atoms with Crippen LogP contribution in [0.1, 0.15) is 12.5 Å². The molecule has 0 saturated heterocycles. The van der Waals surface area contributed by atoms with Crippen LogP contribution in [-0.4, -0.2) is 30.2 Å². The number of hydrogen-bond acceptors (Lipinski definition) is 3. The fourth-order valence-corrected chi connectivity index (χ4v) is 1.41. The Labute approximate surface area is 99.4 Å². The summed E-state index contributed by atoms with van der Waals surface area (Å²) in [4.78, 5) is 21.6. The highest BCUT2D eigenvalue weighted by Crippen LogP contribution is 2.12. The van der Waals surface area contributed by atoms with E-state index >= 15 is 0 Å². The highest BCUT2D eigenvalue weighted by Gasteiger charge is 2.16. The molecule has 0 bridgehead atoms. The maximum atomic E-state index is 10.8. The van der Waals surface area contributed by atoms with Crippen LogP contribution in [-0.2, 0) is 20.7 Å². The number of benzene rings is 1. The Hall–Kier alpha value is -1.88. The number of carbonyl (C=O) groups excluding carboxylic acids is 1. The quantitative estimate of drug-likeness (QED) is 0.809. The summed E-state index contributed by atoms with van der Waals surface area (Å²) >= 11 is 0. The van der Waals surface area contributed by atoms with Crippen molar-refractivity contribution in [2.75, 3.05) is 12.4 Å². The van der Waals surface area contributed by atoms with Crippen molar-refractivity contribution in [2.24, 2.45) is 0 Å². The third kappa shape index (κ3) is 4.24. The first-order chi connectivity index (χ1) is 8.02. The molecule has 0 fully saturated rings. The summed E-state index contributed by atoms with van der Waals surface area (Å²) in [5.74, 6) is -1.13. The van der Waals surface area contributed by atoms with Crippen LogP contribution in [0.5, 0.6) is 0 Å². The molecule has 0 aliphatic rings. The van der Waals surface area contributed by atoms with Crippen LogP contribution in [0, 0.1) is 0 Å². The van der Waals surface area contributed by atoms with Crippen molar-refractivity contribution in [3.05, 3.63) is 29.8 Å². The molecule has 0 aromatic heterocycles. The predicted octanol–water partition coefficient (Wildman–Crippen LogP) is 1.29. The molecular weight excluding hydrogens is 222 g/mol. The Morgan fingerprint density at radius 2 is 1.94 bits per heavy atom. The molecule has 2 N–H and O–H groups in total. The van der Waals surface area contributed by atoms with Gasteiger partial charge >= 0.3 is 5.97 Å². The number of carboxylic acids is 1. The molecular formula is C12H15NO4. The molecule has 0 heterocycles. The van der Waals surface area contributed by atoms with Gasteiger partial charge in [-0.25, -0.2) is 4.79 Å². The fourth-order valence-electron chi connectivity index (χ4n) is 1.41. The Morgan fingerprint density at radius 3 is 2.35 bits per heavy atom. The molecule has 0 aliphatic carbocycles. The molecule has 1 atom stereocenters. The number of nitrogens with one attached hydrogen (secondary N) is 1. The van der Waals surface area contributed by atoms with Crippen LogP contribution < -0.4 is 5.32 Å². The molecule has 92 valence electrons. The molecule has 0 unspecified atom stereocenters. The van der Waals surface area contributed by atoms with Gasteiger partial charge in [0.25, 0.3) is 0 Å². The van der Waals surface area contributed by atoms with Gasteiger partial charge in [-0.2, -0.15) is 0 Å². The zero-order valence-corrected chi connectivity index (χ0v) is 9.77. The highest BCUT2D eigenvalue weighted by molar-refractivity contribution is 5.88. The van der Waals surface area contributed by atoms with Crippen LogP contribution in [0.2, 0.25) is 0 Å². The zero-order chi connectivity index (χ0) is 12.8. The van der Waals surface area contributed by atoms with Crippen LogP contribution in [0.25, 0.3) is 0 Å². The third-order valence-electron chi connectivity index (χ3n) is 2.26. The Bertz CT molecular complexity index is 399. The molecule has 1 rings (SSSR count). The van der Waals surface area contributed by atoms with Gasteiger partial charge < -0.3 is 15.2 Å². The minimum atomic E-state index is -0.988. The summed E-state index contributed by atoms with van der Waals surface area (Å²) in [5.41, 5.74) is 1.53. The number of anilines is 1. The summed E-state index contributed by atoms with van der Waals surface area (Å²) in [6.07, 6.45) is -0.548. The van der Waals surface area contributed by atoms with Gasteiger partial charge in [0.1, 0.15) is 0 Å². The van der Waals surface area contributed by atoms with E-state index in [9.17, 15) is 9.59 Å². The van der Waals surface area contributed by atoms with E-state index in [1.807, 2.05) is 0 Å². The van der Waals surface area contributed by atoms with Crippen LogP contribution >= 0.6 is 0 Å². The second-order valence-electron chi connectivity index (χ2n) is 3.64. The molecule has 1 aromatic rings. The Kier molecular flexibility index (Phi) is 4.66. The fraction of sp³-hybridized carbons (Fsp3) is 0.333. The maximum Gasteiger partial charge on any atom is 0.333 e.